The van der Waals surface area contributed by atoms with Crippen LogP contribution in [0.4, 0.5) is 36.6 Å². The van der Waals surface area contributed by atoms with Crippen molar-refractivity contribution >= 4 is 5.88 Å². The number of nitro groups is 1. The molecule has 1 aromatic rings. The Morgan fingerprint density at radius 3 is 2.00 bits per heavy atom. The van der Waals surface area contributed by atoms with Gasteiger partial charge in [-0.2, -0.15) is 30.7 Å². The fraction of sp³-hybridized carbons (Fsp3) is 0.500. The van der Waals surface area contributed by atoms with E-state index in [-0.39, 0.29) is 6.20 Å². The lowest BCUT2D eigenvalue weighted by Crippen LogP contribution is -2.50. The summed E-state index contributed by atoms with van der Waals surface area (Å²) in [5.41, 5.74) is 0. The zero-order valence-electron chi connectivity index (χ0n) is 7.84. The maximum atomic E-state index is 12.9. The molecule has 0 saturated carbocycles. The zero-order chi connectivity index (χ0) is 14.4. The summed E-state index contributed by atoms with van der Waals surface area (Å²) in [5.74, 6) is -16.2. The molecule has 0 unspecified atom stereocenters. The average molecular weight is 282 g/mol. The Morgan fingerprint density at radius 2 is 1.67 bits per heavy atom. The standard InChI is InChI=1S/C6HF7N2O3/c7-4(8,5(9,10)6(11,12)13)3-14-1-2(18-3)15(16)17/h1H. The van der Waals surface area contributed by atoms with Crippen molar-refractivity contribution in [1.29, 1.82) is 0 Å². The molecule has 12 heteroatoms. The minimum atomic E-state index is -6.57. The second-order valence-corrected chi connectivity index (χ2v) is 2.91. The number of nitrogens with zero attached hydrogens (tertiary/aromatic N) is 2. The molecule has 0 atom stereocenters. The Labute approximate surface area is 92.4 Å². The molecule has 0 saturated heterocycles. The largest absolute Gasteiger partial charge is 0.460 e. The van der Waals surface area contributed by atoms with Gasteiger partial charge in [0.25, 0.3) is 5.89 Å². The van der Waals surface area contributed by atoms with Gasteiger partial charge in [-0.25, -0.2) is 4.98 Å². The fourth-order valence-electron chi connectivity index (χ4n) is 0.807. The first-order valence-corrected chi connectivity index (χ1v) is 3.84. The number of halogens is 7. The number of aromatic nitrogens is 1. The molecule has 1 aromatic heterocycles. The van der Waals surface area contributed by atoms with Crippen LogP contribution in [0.15, 0.2) is 10.6 Å². The molecule has 0 aliphatic heterocycles. The fourth-order valence-corrected chi connectivity index (χ4v) is 0.807. The molecule has 0 amide bonds. The van der Waals surface area contributed by atoms with E-state index in [1.54, 1.807) is 0 Å². The molecule has 102 valence electrons. The summed E-state index contributed by atoms with van der Waals surface area (Å²) in [7, 11) is 0. The van der Waals surface area contributed by atoms with Gasteiger partial charge in [0.05, 0.1) is 0 Å². The topological polar surface area (TPSA) is 69.2 Å². The van der Waals surface area contributed by atoms with Crippen molar-refractivity contribution in [2.75, 3.05) is 0 Å². The molecule has 0 spiro atoms. The highest BCUT2D eigenvalue weighted by Gasteiger charge is 2.76. The zero-order valence-corrected chi connectivity index (χ0v) is 7.84. The first kappa shape index (κ1) is 14.2. The molecule has 0 N–H and O–H groups in total. The van der Waals surface area contributed by atoms with Crippen molar-refractivity contribution in [2.45, 2.75) is 18.0 Å². The Hall–Kier alpha value is -1.88. The first-order valence-electron chi connectivity index (χ1n) is 3.84. The van der Waals surface area contributed by atoms with E-state index in [9.17, 15) is 40.8 Å². The lowest BCUT2D eigenvalue weighted by atomic mass is 10.1. The van der Waals surface area contributed by atoms with Gasteiger partial charge >= 0.3 is 23.9 Å². The molecule has 18 heavy (non-hydrogen) atoms. The SMILES string of the molecule is O=[N+]([O-])c1cnc(C(F)(F)C(F)(F)C(F)(F)F)o1. The second-order valence-electron chi connectivity index (χ2n) is 2.91. The maximum absolute atomic E-state index is 12.9. The van der Waals surface area contributed by atoms with Gasteiger partial charge in [0.2, 0.25) is 0 Å². The Morgan fingerprint density at radius 1 is 1.17 bits per heavy atom. The number of alkyl halides is 7. The smallest absolute Gasteiger partial charge is 0.378 e. The summed E-state index contributed by atoms with van der Waals surface area (Å²) < 4.78 is 89.4. The number of hydrogen-bond donors (Lipinski definition) is 0. The third-order valence-electron chi connectivity index (χ3n) is 1.69. The monoisotopic (exact) mass is 282 g/mol. The van der Waals surface area contributed by atoms with Crippen molar-refractivity contribution in [2.24, 2.45) is 0 Å². The highest BCUT2D eigenvalue weighted by Crippen LogP contribution is 2.51. The van der Waals surface area contributed by atoms with Crippen LogP contribution < -0.4 is 0 Å². The molecule has 0 aromatic carbocycles. The van der Waals surface area contributed by atoms with Crippen LogP contribution in [0, 0.1) is 10.1 Å². The summed E-state index contributed by atoms with van der Waals surface area (Å²) in [4.78, 5) is 10.9. The van der Waals surface area contributed by atoms with E-state index < -0.39 is 34.7 Å². The second kappa shape index (κ2) is 3.81. The summed E-state index contributed by atoms with van der Waals surface area (Å²) in [6.45, 7) is 0. The maximum Gasteiger partial charge on any atom is 0.460 e. The highest BCUT2D eigenvalue weighted by molar-refractivity contribution is 5.13. The molecule has 1 heterocycles. The number of hydrogen-bond acceptors (Lipinski definition) is 4. The minimum Gasteiger partial charge on any atom is -0.378 e. The van der Waals surface area contributed by atoms with Crippen molar-refractivity contribution < 1.29 is 40.1 Å². The summed E-state index contributed by atoms with van der Waals surface area (Å²) in [6, 6.07) is 0. The Bertz CT molecular complexity index is 466. The van der Waals surface area contributed by atoms with Gasteiger partial charge in [-0.3, -0.25) is 10.1 Å². The van der Waals surface area contributed by atoms with E-state index >= 15 is 0 Å². The Kier molecular flexibility index (Phi) is 3.00. The summed E-state index contributed by atoms with van der Waals surface area (Å²) >= 11 is 0. The Balaban J connectivity index is 3.24. The first-order chi connectivity index (χ1) is 7.91. The summed E-state index contributed by atoms with van der Waals surface area (Å²) in [6.07, 6.45) is -6.57. The van der Waals surface area contributed by atoms with Crippen LogP contribution >= 0.6 is 0 Å². The molecule has 0 aliphatic rings. The highest BCUT2D eigenvalue weighted by atomic mass is 19.4. The number of rotatable bonds is 3. The summed E-state index contributed by atoms with van der Waals surface area (Å²) in [5, 5.41) is 10.0. The van der Waals surface area contributed by atoms with Gasteiger partial charge in [0.15, 0.2) is 0 Å². The van der Waals surface area contributed by atoms with E-state index in [2.05, 4.69) is 9.40 Å². The van der Waals surface area contributed by atoms with Gasteiger partial charge in [0.1, 0.15) is 11.1 Å². The van der Waals surface area contributed by atoms with Crippen LogP contribution in [0.2, 0.25) is 0 Å². The quantitative estimate of drug-likeness (QED) is 0.485. The molecule has 0 bridgehead atoms. The van der Waals surface area contributed by atoms with Crippen LogP contribution in [0.25, 0.3) is 0 Å². The van der Waals surface area contributed by atoms with E-state index in [1.165, 1.54) is 0 Å². The van der Waals surface area contributed by atoms with Crippen LogP contribution in [0.5, 0.6) is 0 Å². The normalized spacial score (nSPS) is 13.7. The van der Waals surface area contributed by atoms with E-state index in [0.29, 0.717) is 0 Å². The number of oxazole rings is 1. The lowest BCUT2D eigenvalue weighted by Gasteiger charge is -2.25. The van der Waals surface area contributed by atoms with Gasteiger partial charge in [-0.1, -0.05) is 0 Å². The molecule has 0 aliphatic carbocycles. The third kappa shape index (κ3) is 1.97. The molecular formula is C6HF7N2O3. The van der Waals surface area contributed by atoms with Gasteiger partial charge in [-0.05, 0) is 0 Å². The lowest BCUT2D eigenvalue weighted by molar-refractivity contribution is -0.405. The van der Waals surface area contributed by atoms with Gasteiger partial charge in [0, 0.05) is 0 Å². The van der Waals surface area contributed by atoms with Crippen LogP contribution in [0.1, 0.15) is 5.89 Å². The van der Waals surface area contributed by atoms with Crippen molar-refractivity contribution in [1.82, 2.24) is 4.98 Å². The van der Waals surface area contributed by atoms with E-state index in [4.69, 9.17) is 0 Å². The third-order valence-corrected chi connectivity index (χ3v) is 1.69. The average Bonchev–Trinajstić information content (AvgIpc) is 2.64. The van der Waals surface area contributed by atoms with Crippen molar-refractivity contribution in [3.63, 3.8) is 0 Å². The van der Waals surface area contributed by atoms with Crippen LogP contribution in [-0.2, 0) is 5.92 Å². The predicted molar refractivity (Wildman–Crippen MR) is 38.1 cm³/mol. The van der Waals surface area contributed by atoms with Crippen LogP contribution in [0.3, 0.4) is 0 Å². The van der Waals surface area contributed by atoms with Gasteiger partial charge in [-0.15, -0.1) is 0 Å². The molecule has 0 fully saturated rings. The van der Waals surface area contributed by atoms with Gasteiger partial charge < -0.3 is 4.42 Å². The predicted octanol–water partition coefficient (Wildman–Crippen LogP) is 2.87. The molecule has 1 rings (SSSR count). The van der Waals surface area contributed by atoms with Crippen molar-refractivity contribution in [3.8, 4) is 0 Å². The molecule has 0 radical (unpaired) electrons. The minimum absolute atomic E-state index is 0.00427. The molecular weight excluding hydrogens is 281 g/mol. The van der Waals surface area contributed by atoms with E-state index in [0.717, 1.165) is 0 Å². The van der Waals surface area contributed by atoms with E-state index in [1.807, 2.05) is 0 Å². The van der Waals surface area contributed by atoms with Crippen LogP contribution in [-0.4, -0.2) is 22.0 Å². The van der Waals surface area contributed by atoms with Crippen molar-refractivity contribution in [3.05, 3.63) is 22.2 Å². The molecule has 5 nitrogen and oxygen atoms in total.